The minimum absolute atomic E-state index is 0.0893. The van der Waals surface area contributed by atoms with Crippen molar-refractivity contribution in [3.05, 3.63) is 68.1 Å². The fourth-order valence-corrected chi connectivity index (χ4v) is 4.27. The second-order valence-corrected chi connectivity index (χ2v) is 8.57. The van der Waals surface area contributed by atoms with Crippen molar-refractivity contribution in [3.63, 3.8) is 0 Å². The van der Waals surface area contributed by atoms with Crippen LogP contribution in [0.15, 0.2) is 45.6 Å². The number of halogens is 2. The summed E-state index contributed by atoms with van der Waals surface area (Å²) in [5.74, 6) is -0.652. The van der Waals surface area contributed by atoms with E-state index in [2.05, 4.69) is 15.6 Å². The maximum absolute atomic E-state index is 12.7. The first-order valence-electron chi connectivity index (χ1n) is 10.4. The van der Waals surface area contributed by atoms with Crippen LogP contribution in [0.5, 0.6) is 0 Å². The molecule has 0 bridgehead atoms. The number of hydroxylamine groups is 2. The molecule has 1 aliphatic heterocycles. The number of ketones is 1. The Labute approximate surface area is 198 Å². The molecule has 2 aromatic carbocycles. The van der Waals surface area contributed by atoms with E-state index in [-0.39, 0.29) is 24.8 Å². The van der Waals surface area contributed by atoms with E-state index in [0.29, 0.717) is 52.8 Å². The lowest BCUT2D eigenvalue weighted by atomic mass is 10.0. The van der Waals surface area contributed by atoms with Crippen LogP contribution >= 0.6 is 23.2 Å². The highest BCUT2D eigenvalue weighted by Crippen LogP contribution is 2.19. The number of aromatic nitrogens is 1. The third-order valence-corrected chi connectivity index (χ3v) is 5.74. The molecule has 33 heavy (non-hydrogen) atoms. The summed E-state index contributed by atoms with van der Waals surface area (Å²) in [4.78, 5) is 44.3. The van der Waals surface area contributed by atoms with Crippen molar-refractivity contribution in [3.8, 4) is 0 Å². The lowest BCUT2D eigenvalue weighted by molar-refractivity contribution is -0.141. The van der Waals surface area contributed by atoms with Crippen LogP contribution < -0.4 is 16.4 Å². The molecule has 1 aromatic heterocycles. The molecule has 3 aromatic rings. The van der Waals surface area contributed by atoms with E-state index >= 15 is 0 Å². The lowest BCUT2D eigenvalue weighted by Crippen LogP contribution is -2.52. The van der Waals surface area contributed by atoms with E-state index in [1.54, 1.807) is 41.5 Å². The number of H-pyrrole nitrogens is 1. The summed E-state index contributed by atoms with van der Waals surface area (Å²) in [6, 6.07) is 9.72. The molecule has 2 heterocycles. The molecule has 1 amide bonds. The van der Waals surface area contributed by atoms with Crippen molar-refractivity contribution >= 4 is 46.2 Å². The number of carbonyl (C=O) groups is 2. The predicted molar refractivity (Wildman–Crippen MR) is 124 cm³/mol. The number of rotatable bonds is 7. The first-order valence-corrected chi connectivity index (χ1v) is 11.2. The Hall–Kier alpha value is -2.85. The maximum Gasteiger partial charge on any atom is 0.426 e. The molecule has 0 radical (unpaired) electrons. The quantitative estimate of drug-likeness (QED) is 0.432. The van der Waals surface area contributed by atoms with E-state index in [4.69, 9.17) is 32.5 Å². The second-order valence-electron chi connectivity index (χ2n) is 7.70. The van der Waals surface area contributed by atoms with E-state index in [9.17, 15) is 14.4 Å². The van der Waals surface area contributed by atoms with Gasteiger partial charge in [-0.05, 0) is 48.4 Å². The predicted octanol–water partition coefficient (Wildman–Crippen LogP) is 3.51. The largest absolute Gasteiger partial charge is 0.426 e. The summed E-state index contributed by atoms with van der Waals surface area (Å²) in [6.45, 7) is 1.95. The molecule has 4 rings (SSSR count). The van der Waals surface area contributed by atoms with Gasteiger partial charge in [-0.2, -0.15) is 0 Å². The average Bonchev–Trinajstić information content (AvgIpc) is 3.15. The fraction of sp³-hybridized carbons (Fsp3) is 0.318. The molecular weight excluding hydrogens is 471 g/mol. The van der Waals surface area contributed by atoms with Gasteiger partial charge in [0.05, 0.1) is 11.6 Å². The van der Waals surface area contributed by atoms with Crippen molar-refractivity contribution < 1.29 is 18.8 Å². The SMILES string of the molecule is O=C(NCc1cc(Cl)cc(Cl)c1)ON1CCNCC1CCC(=O)c1ccc2[nH]c(=O)oc2c1. The summed E-state index contributed by atoms with van der Waals surface area (Å²) >= 11 is 12.0. The maximum atomic E-state index is 12.7. The van der Waals surface area contributed by atoms with Crippen LogP contribution in [0.4, 0.5) is 4.79 Å². The van der Waals surface area contributed by atoms with Crippen molar-refractivity contribution in [2.45, 2.75) is 25.4 Å². The number of aromatic amines is 1. The number of amides is 1. The zero-order valence-corrected chi connectivity index (χ0v) is 19.0. The van der Waals surface area contributed by atoms with Crippen molar-refractivity contribution in [2.75, 3.05) is 19.6 Å². The number of benzene rings is 2. The van der Waals surface area contributed by atoms with Gasteiger partial charge in [0.1, 0.15) is 0 Å². The molecule has 11 heteroatoms. The highest BCUT2D eigenvalue weighted by atomic mass is 35.5. The number of fused-ring (bicyclic) bond motifs is 1. The van der Waals surface area contributed by atoms with Gasteiger partial charge in [-0.3, -0.25) is 9.78 Å². The van der Waals surface area contributed by atoms with Crippen LogP contribution in [0.25, 0.3) is 11.1 Å². The van der Waals surface area contributed by atoms with Gasteiger partial charge in [-0.15, -0.1) is 5.06 Å². The Morgan fingerprint density at radius 1 is 1.18 bits per heavy atom. The zero-order chi connectivity index (χ0) is 23.4. The van der Waals surface area contributed by atoms with Gasteiger partial charge in [-0.25, -0.2) is 9.59 Å². The lowest BCUT2D eigenvalue weighted by Gasteiger charge is -2.34. The third-order valence-electron chi connectivity index (χ3n) is 5.30. The smallest absolute Gasteiger partial charge is 0.408 e. The van der Waals surface area contributed by atoms with Crippen molar-refractivity contribution in [1.29, 1.82) is 0 Å². The van der Waals surface area contributed by atoms with E-state index in [1.165, 1.54) is 0 Å². The molecule has 1 saturated heterocycles. The molecule has 0 aliphatic carbocycles. The van der Waals surface area contributed by atoms with E-state index in [0.717, 1.165) is 5.56 Å². The van der Waals surface area contributed by atoms with E-state index < -0.39 is 11.8 Å². The molecular formula is C22H22Cl2N4O5. The van der Waals surface area contributed by atoms with Crippen LogP contribution in [0.1, 0.15) is 28.8 Å². The average molecular weight is 493 g/mol. The molecule has 1 aliphatic rings. The van der Waals surface area contributed by atoms with Gasteiger partial charge in [-0.1, -0.05) is 23.2 Å². The van der Waals surface area contributed by atoms with Crippen LogP contribution in [0.2, 0.25) is 10.0 Å². The summed E-state index contributed by atoms with van der Waals surface area (Å²) in [7, 11) is 0. The molecule has 0 saturated carbocycles. The van der Waals surface area contributed by atoms with Crippen molar-refractivity contribution in [2.24, 2.45) is 0 Å². The minimum Gasteiger partial charge on any atom is -0.408 e. The number of piperazine rings is 1. The highest BCUT2D eigenvalue weighted by molar-refractivity contribution is 6.34. The number of hydrogen-bond donors (Lipinski definition) is 3. The Bertz CT molecular complexity index is 1200. The standard InChI is InChI=1S/C22H22Cl2N4O5/c23-15-7-13(8-16(24)10-15)11-26-21(30)33-28-6-5-25-12-17(28)2-4-19(29)14-1-3-18-20(9-14)32-22(31)27-18/h1,3,7-10,17,25H,2,4-6,11-12H2,(H,26,30)(H,27,31). The number of nitrogens with zero attached hydrogens (tertiary/aromatic N) is 1. The first kappa shape index (κ1) is 23.3. The molecule has 9 nitrogen and oxygen atoms in total. The van der Waals surface area contributed by atoms with Crippen LogP contribution in [0, 0.1) is 0 Å². The number of hydrogen-bond acceptors (Lipinski definition) is 7. The van der Waals surface area contributed by atoms with Gasteiger partial charge in [0.25, 0.3) is 0 Å². The Morgan fingerprint density at radius 2 is 1.97 bits per heavy atom. The summed E-state index contributed by atoms with van der Waals surface area (Å²) in [6.07, 6.45) is 0.130. The molecule has 1 atom stereocenters. The van der Waals surface area contributed by atoms with Crippen LogP contribution in [-0.2, 0) is 11.4 Å². The first-order chi connectivity index (χ1) is 15.9. The molecule has 174 valence electrons. The summed E-state index contributed by atoms with van der Waals surface area (Å²) in [5.41, 5.74) is 2.09. The third kappa shape index (κ3) is 6.14. The molecule has 3 N–H and O–H groups in total. The molecule has 0 spiro atoms. The van der Waals surface area contributed by atoms with Gasteiger partial charge in [0.15, 0.2) is 11.4 Å². The summed E-state index contributed by atoms with van der Waals surface area (Å²) < 4.78 is 5.02. The molecule has 1 fully saturated rings. The number of Topliss-reactive ketones (excluding diaryl/α,β-unsaturated/α-hetero) is 1. The zero-order valence-electron chi connectivity index (χ0n) is 17.5. The van der Waals surface area contributed by atoms with Gasteiger partial charge in [0, 0.05) is 48.2 Å². The van der Waals surface area contributed by atoms with E-state index in [1.807, 2.05) is 0 Å². The summed E-state index contributed by atoms with van der Waals surface area (Å²) in [5, 5.41) is 8.50. The van der Waals surface area contributed by atoms with Gasteiger partial charge in [0.2, 0.25) is 0 Å². The van der Waals surface area contributed by atoms with Crippen molar-refractivity contribution in [1.82, 2.24) is 20.7 Å². The monoisotopic (exact) mass is 492 g/mol. The number of oxazole rings is 1. The Kier molecular flexibility index (Phi) is 7.34. The second kappa shape index (κ2) is 10.4. The number of nitrogens with one attached hydrogen (secondary N) is 3. The fourth-order valence-electron chi connectivity index (χ4n) is 3.70. The highest BCUT2D eigenvalue weighted by Gasteiger charge is 2.26. The Balaban J connectivity index is 1.31. The Morgan fingerprint density at radius 3 is 2.76 bits per heavy atom. The normalized spacial score (nSPS) is 16.6. The van der Waals surface area contributed by atoms with Crippen LogP contribution in [0.3, 0.4) is 0 Å². The minimum atomic E-state index is -0.600. The topological polar surface area (TPSA) is 117 Å². The van der Waals surface area contributed by atoms with Gasteiger partial charge < -0.3 is 19.9 Å². The van der Waals surface area contributed by atoms with Gasteiger partial charge >= 0.3 is 11.8 Å². The molecule has 1 unspecified atom stereocenters. The number of carbonyl (C=O) groups excluding carboxylic acids is 2. The van der Waals surface area contributed by atoms with Crippen LogP contribution in [-0.4, -0.2) is 47.6 Å².